The maximum atomic E-state index is 7.77. The molecule has 0 radical (unpaired) electrons. The number of hydrogen-bond acceptors (Lipinski definition) is 0. The Morgan fingerprint density at radius 1 is 0.449 bits per heavy atom. The third-order valence-electron chi connectivity index (χ3n) is 10.7. The number of para-hydroxylation sites is 2. The zero-order valence-electron chi connectivity index (χ0n) is 27.3. The van der Waals surface area contributed by atoms with Crippen LogP contribution in [0.4, 0.5) is 5.69 Å². The molecule has 9 aromatic rings. The molecule has 0 N–H and O–H groups in total. The van der Waals surface area contributed by atoms with Crippen molar-refractivity contribution in [1.82, 2.24) is 9.13 Å². The van der Waals surface area contributed by atoms with Gasteiger partial charge in [-0.25, -0.2) is 4.85 Å². The summed E-state index contributed by atoms with van der Waals surface area (Å²) in [5.41, 5.74) is 15.1. The zero-order chi connectivity index (χ0) is 32.9. The molecule has 1 aliphatic rings. The third-order valence-corrected chi connectivity index (χ3v) is 10.7. The Bertz CT molecular complexity index is 2820. The van der Waals surface area contributed by atoms with Gasteiger partial charge in [-0.2, -0.15) is 0 Å². The molecule has 0 amide bonds. The summed E-state index contributed by atoms with van der Waals surface area (Å²) in [6, 6.07) is 54.7. The fraction of sp³-hybridized carbons (Fsp3) is 0.0652. The van der Waals surface area contributed by atoms with Crippen LogP contribution in [0.25, 0.3) is 82.1 Å². The highest BCUT2D eigenvalue weighted by Gasteiger charge is 2.36. The molecule has 0 saturated heterocycles. The van der Waals surface area contributed by atoms with Gasteiger partial charge in [-0.3, -0.25) is 0 Å². The molecule has 3 heteroatoms. The van der Waals surface area contributed by atoms with Gasteiger partial charge in [-0.05, 0) is 99.4 Å². The standard InChI is InChI=1S/C46H31N3/c1-46(2)40-19-7-4-16-34(40)37-27-39-38-26-31(47-3)22-23-44(38)49(45(39)28-41(37)46)33-15-11-13-30(25-33)29-12-10-14-32(24-29)48-42-20-8-5-17-35(42)36-18-6-9-21-43(36)48/h4-28H,1-2H3. The molecule has 2 heterocycles. The number of benzene rings is 7. The number of nitrogens with zero attached hydrogens (tertiary/aromatic N) is 3. The molecule has 0 aliphatic heterocycles. The van der Waals surface area contributed by atoms with Crippen molar-refractivity contribution in [2.24, 2.45) is 0 Å². The molecule has 230 valence electrons. The maximum absolute atomic E-state index is 7.77. The van der Waals surface area contributed by atoms with E-state index in [0.717, 1.165) is 38.9 Å². The van der Waals surface area contributed by atoms with Crippen LogP contribution >= 0.6 is 0 Å². The summed E-state index contributed by atoms with van der Waals surface area (Å²) in [7, 11) is 0. The molecule has 0 fully saturated rings. The molecule has 2 aromatic heterocycles. The second kappa shape index (κ2) is 10.1. The highest BCUT2D eigenvalue weighted by Crippen LogP contribution is 2.51. The van der Waals surface area contributed by atoms with E-state index in [2.05, 4.69) is 173 Å². The van der Waals surface area contributed by atoms with Gasteiger partial charge in [0.1, 0.15) is 0 Å². The molecule has 0 bridgehead atoms. The normalized spacial score (nSPS) is 13.2. The molecule has 0 saturated carbocycles. The number of hydrogen-bond donors (Lipinski definition) is 0. The Morgan fingerprint density at radius 2 is 1.02 bits per heavy atom. The lowest BCUT2D eigenvalue weighted by atomic mass is 9.82. The van der Waals surface area contributed by atoms with Crippen molar-refractivity contribution in [3.8, 4) is 33.6 Å². The van der Waals surface area contributed by atoms with Gasteiger partial charge in [0.25, 0.3) is 0 Å². The third kappa shape index (κ3) is 3.89. The average Bonchev–Trinajstić information content (AvgIpc) is 3.74. The first-order chi connectivity index (χ1) is 24.0. The monoisotopic (exact) mass is 625 g/mol. The Morgan fingerprint density at radius 3 is 1.69 bits per heavy atom. The van der Waals surface area contributed by atoms with Gasteiger partial charge in [0.15, 0.2) is 5.69 Å². The Hall–Kier alpha value is -6.37. The lowest BCUT2D eigenvalue weighted by Gasteiger charge is -2.21. The minimum atomic E-state index is -0.113. The molecule has 10 rings (SSSR count). The summed E-state index contributed by atoms with van der Waals surface area (Å²) in [5.74, 6) is 0. The molecule has 3 nitrogen and oxygen atoms in total. The molecule has 0 unspecified atom stereocenters. The SMILES string of the molecule is [C-]#[N+]c1ccc2c(c1)c1cc3c(cc1n2-c1cccc(-c2cccc(-n4c5ccccc5c5ccccc54)c2)c1)C(C)(C)c1ccccc1-3. The molecule has 1 aliphatic carbocycles. The van der Waals surface area contributed by atoms with Crippen molar-refractivity contribution in [2.45, 2.75) is 19.3 Å². The van der Waals surface area contributed by atoms with Crippen molar-refractivity contribution < 1.29 is 0 Å². The summed E-state index contributed by atoms with van der Waals surface area (Å²) < 4.78 is 4.76. The molecule has 49 heavy (non-hydrogen) atoms. The summed E-state index contributed by atoms with van der Waals surface area (Å²) in [4.78, 5) is 3.80. The fourth-order valence-electron chi connectivity index (χ4n) is 8.40. The van der Waals surface area contributed by atoms with Gasteiger partial charge >= 0.3 is 0 Å². The van der Waals surface area contributed by atoms with Crippen LogP contribution in [0, 0.1) is 6.57 Å². The van der Waals surface area contributed by atoms with E-state index in [4.69, 9.17) is 6.57 Å². The lowest BCUT2D eigenvalue weighted by Crippen LogP contribution is -2.14. The molecule has 0 atom stereocenters. The quantitative estimate of drug-likeness (QED) is 0.174. The van der Waals surface area contributed by atoms with Gasteiger partial charge in [0, 0.05) is 32.9 Å². The Balaban J connectivity index is 1.18. The fourth-order valence-corrected chi connectivity index (χ4v) is 8.40. The van der Waals surface area contributed by atoms with Crippen molar-refractivity contribution >= 4 is 49.3 Å². The van der Waals surface area contributed by atoms with Crippen LogP contribution in [-0.2, 0) is 5.41 Å². The lowest BCUT2D eigenvalue weighted by molar-refractivity contribution is 0.661. The molecular weight excluding hydrogens is 595 g/mol. The number of aromatic nitrogens is 2. The van der Waals surface area contributed by atoms with Crippen LogP contribution in [0.1, 0.15) is 25.0 Å². The van der Waals surface area contributed by atoms with E-state index in [1.165, 1.54) is 49.4 Å². The summed E-state index contributed by atoms with van der Waals surface area (Å²) >= 11 is 0. The van der Waals surface area contributed by atoms with Crippen molar-refractivity contribution in [1.29, 1.82) is 0 Å². The number of rotatable bonds is 3. The predicted molar refractivity (Wildman–Crippen MR) is 204 cm³/mol. The van der Waals surface area contributed by atoms with Gasteiger partial charge in [-0.1, -0.05) is 105 Å². The van der Waals surface area contributed by atoms with Crippen molar-refractivity contribution in [2.75, 3.05) is 0 Å². The van der Waals surface area contributed by atoms with Crippen LogP contribution in [0.2, 0.25) is 0 Å². The van der Waals surface area contributed by atoms with Gasteiger partial charge < -0.3 is 9.13 Å². The largest absolute Gasteiger partial charge is 0.309 e. The van der Waals surface area contributed by atoms with E-state index in [1.807, 2.05) is 6.07 Å². The molecule has 0 spiro atoms. The van der Waals surface area contributed by atoms with Gasteiger partial charge in [0.05, 0.1) is 28.6 Å². The van der Waals surface area contributed by atoms with E-state index >= 15 is 0 Å². The first kappa shape index (κ1) is 27.7. The highest BCUT2D eigenvalue weighted by atomic mass is 15.0. The first-order valence-electron chi connectivity index (χ1n) is 16.8. The second-order valence-electron chi connectivity index (χ2n) is 13.7. The van der Waals surface area contributed by atoms with E-state index < -0.39 is 0 Å². The minimum Gasteiger partial charge on any atom is -0.309 e. The molecular formula is C46H31N3. The zero-order valence-corrected chi connectivity index (χ0v) is 27.3. The summed E-state index contributed by atoms with van der Waals surface area (Å²) in [6.45, 7) is 12.4. The van der Waals surface area contributed by atoms with Crippen molar-refractivity contribution in [3.63, 3.8) is 0 Å². The Labute approximate surface area is 284 Å². The Kier molecular flexibility index (Phi) is 5.69. The summed E-state index contributed by atoms with van der Waals surface area (Å²) in [5, 5.41) is 4.80. The average molecular weight is 626 g/mol. The highest BCUT2D eigenvalue weighted by molar-refractivity contribution is 6.13. The van der Waals surface area contributed by atoms with E-state index in [9.17, 15) is 0 Å². The topological polar surface area (TPSA) is 14.2 Å². The van der Waals surface area contributed by atoms with Gasteiger partial charge in [-0.15, -0.1) is 0 Å². The first-order valence-corrected chi connectivity index (χ1v) is 16.8. The van der Waals surface area contributed by atoms with Crippen LogP contribution in [-0.4, -0.2) is 9.13 Å². The summed E-state index contributed by atoms with van der Waals surface area (Å²) in [6.07, 6.45) is 0. The van der Waals surface area contributed by atoms with Crippen LogP contribution in [0.15, 0.2) is 152 Å². The maximum Gasteiger partial charge on any atom is 0.188 e. The smallest absolute Gasteiger partial charge is 0.188 e. The van der Waals surface area contributed by atoms with E-state index in [-0.39, 0.29) is 5.41 Å². The van der Waals surface area contributed by atoms with Crippen LogP contribution in [0.5, 0.6) is 0 Å². The minimum absolute atomic E-state index is 0.113. The van der Waals surface area contributed by atoms with Crippen LogP contribution < -0.4 is 0 Å². The van der Waals surface area contributed by atoms with E-state index in [1.54, 1.807) is 0 Å². The second-order valence-corrected chi connectivity index (χ2v) is 13.7. The van der Waals surface area contributed by atoms with E-state index in [0.29, 0.717) is 5.69 Å². The molecule has 7 aromatic carbocycles. The van der Waals surface area contributed by atoms with Crippen LogP contribution in [0.3, 0.4) is 0 Å². The van der Waals surface area contributed by atoms with Gasteiger partial charge in [0.2, 0.25) is 0 Å². The number of fused-ring (bicyclic) bond motifs is 9. The predicted octanol–water partition coefficient (Wildman–Crippen LogP) is 12.4. The van der Waals surface area contributed by atoms with Crippen molar-refractivity contribution in [3.05, 3.63) is 174 Å².